The van der Waals surface area contributed by atoms with Crippen molar-refractivity contribution in [2.24, 2.45) is 0 Å². The van der Waals surface area contributed by atoms with Gasteiger partial charge in [-0.3, -0.25) is 19.2 Å². The quantitative estimate of drug-likeness (QED) is 0.718. The van der Waals surface area contributed by atoms with E-state index in [0.717, 1.165) is 12.0 Å². The van der Waals surface area contributed by atoms with Crippen molar-refractivity contribution in [3.05, 3.63) is 98.2 Å². The van der Waals surface area contributed by atoms with Gasteiger partial charge in [-0.2, -0.15) is 0 Å². The maximum Gasteiger partial charge on any atom is 0.329 e. The standard InChI is InChI=1S/C22H24N4O2/c1-16(18-10-6-3-7-11-18)25-14-19-20(23-15-25)26(22(28)24-21(19)27)13-12-17-8-4-2-5-9-17/h2-11,16,23H,12-15H2,1H3,(H,24,27,28). The summed E-state index contributed by atoms with van der Waals surface area (Å²) >= 11 is 0. The molecular formula is C22H24N4O2. The Balaban J connectivity index is 1.60. The van der Waals surface area contributed by atoms with Gasteiger partial charge in [0.05, 0.1) is 12.2 Å². The van der Waals surface area contributed by atoms with E-state index in [0.29, 0.717) is 31.1 Å². The number of fused-ring (bicyclic) bond motifs is 1. The lowest BCUT2D eigenvalue weighted by molar-refractivity contribution is 0.206. The van der Waals surface area contributed by atoms with Crippen LogP contribution in [0.25, 0.3) is 0 Å². The first-order valence-corrected chi connectivity index (χ1v) is 9.56. The number of nitrogens with zero attached hydrogens (tertiary/aromatic N) is 2. The van der Waals surface area contributed by atoms with Crippen LogP contribution in [0.15, 0.2) is 70.3 Å². The fraction of sp³-hybridized carbons (Fsp3) is 0.273. The molecule has 1 aliphatic rings. The van der Waals surface area contributed by atoms with E-state index < -0.39 is 0 Å². The molecule has 0 bridgehead atoms. The van der Waals surface area contributed by atoms with Crippen molar-refractivity contribution < 1.29 is 0 Å². The Morgan fingerprint density at radius 1 is 1.00 bits per heavy atom. The van der Waals surface area contributed by atoms with Crippen LogP contribution in [-0.4, -0.2) is 21.1 Å². The Labute approximate surface area is 163 Å². The van der Waals surface area contributed by atoms with E-state index in [1.54, 1.807) is 4.57 Å². The van der Waals surface area contributed by atoms with E-state index in [-0.39, 0.29) is 17.3 Å². The molecule has 0 saturated heterocycles. The summed E-state index contributed by atoms with van der Waals surface area (Å²) in [6, 6.07) is 20.4. The number of hydrogen-bond acceptors (Lipinski definition) is 4. The fourth-order valence-corrected chi connectivity index (χ4v) is 3.71. The molecular weight excluding hydrogens is 352 g/mol. The Bertz CT molecular complexity index is 1060. The summed E-state index contributed by atoms with van der Waals surface area (Å²) in [4.78, 5) is 29.6. The van der Waals surface area contributed by atoms with Gasteiger partial charge in [-0.15, -0.1) is 0 Å². The molecule has 4 rings (SSSR count). The van der Waals surface area contributed by atoms with E-state index >= 15 is 0 Å². The molecule has 0 spiro atoms. The van der Waals surface area contributed by atoms with Crippen molar-refractivity contribution in [2.45, 2.75) is 32.5 Å². The van der Waals surface area contributed by atoms with Gasteiger partial charge in [0.1, 0.15) is 5.82 Å². The number of nitrogens with one attached hydrogen (secondary N) is 2. The minimum absolute atomic E-state index is 0.158. The normalized spacial score (nSPS) is 14.9. The Morgan fingerprint density at radius 3 is 2.39 bits per heavy atom. The van der Waals surface area contributed by atoms with Crippen LogP contribution in [0.4, 0.5) is 5.82 Å². The summed E-state index contributed by atoms with van der Waals surface area (Å²) in [7, 11) is 0. The zero-order chi connectivity index (χ0) is 19.5. The van der Waals surface area contributed by atoms with E-state index in [2.05, 4.69) is 34.3 Å². The van der Waals surface area contributed by atoms with Crippen LogP contribution in [-0.2, 0) is 19.5 Å². The molecule has 3 aromatic rings. The lowest BCUT2D eigenvalue weighted by atomic mass is 10.1. The third-order valence-electron chi connectivity index (χ3n) is 5.40. The first-order valence-electron chi connectivity index (χ1n) is 9.56. The third-order valence-corrected chi connectivity index (χ3v) is 5.40. The van der Waals surface area contributed by atoms with Crippen LogP contribution in [0, 0.1) is 0 Å². The number of rotatable bonds is 5. The summed E-state index contributed by atoms with van der Waals surface area (Å²) in [6.07, 6.45) is 0.727. The second kappa shape index (κ2) is 7.86. The number of aromatic nitrogens is 2. The van der Waals surface area contributed by atoms with Gasteiger partial charge in [0.2, 0.25) is 0 Å². The van der Waals surface area contributed by atoms with Crippen LogP contribution in [0.1, 0.15) is 29.7 Å². The molecule has 6 nitrogen and oxygen atoms in total. The predicted octanol–water partition coefficient (Wildman–Crippen LogP) is 2.73. The molecule has 2 N–H and O–H groups in total. The van der Waals surface area contributed by atoms with Crippen molar-refractivity contribution in [1.29, 1.82) is 0 Å². The molecule has 144 valence electrons. The van der Waals surface area contributed by atoms with E-state index in [9.17, 15) is 9.59 Å². The summed E-state index contributed by atoms with van der Waals surface area (Å²) in [5, 5.41) is 3.32. The van der Waals surface area contributed by atoms with Crippen molar-refractivity contribution in [1.82, 2.24) is 14.5 Å². The second-order valence-electron chi connectivity index (χ2n) is 7.14. The molecule has 1 unspecified atom stereocenters. The number of aryl methyl sites for hydroxylation is 1. The maximum absolute atomic E-state index is 12.5. The topological polar surface area (TPSA) is 70.1 Å². The molecule has 0 amide bonds. The average Bonchev–Trinajstić information content (AvgIpc) is 2.74. The minimum Gasteiger partial charge on any atom is -0.358 e. The SMILES string of the molecule is CC(c1ccccc1)N1CNc2c(c(=O)[nH]c(=O)n2CCc2ccccc2)C1. The highest BCUT2D eigenvalue weighted by molar-refractivity contribution is 5.45. The molecule has 6 heteroatoms. The summed E-state index contributed by atoms with van der Waals surface area (Å²) in [5.41, 5.74) is 2.29. The van der Waals surface area contributed by atoms with E-state index in [1.165, 1.54) is 5.56 Å². The smallest absolute Gasteiger partial charge is 0.329 e. The van der Waals surface area contributed by atoms with Gasteiger partial charge in [0.15, 0.2) is 0 Å². The van der Waals surface area contributed by atoms with Gasteiger partial charge in [-0.25, -0.2) is 4.79 Å². The van der Waals surface area contributed by atoms with Gasteiger partial charge in [-0.1, -0.05) is 60.7 Å². The van der Waals surface area contributed by atoms with Gasteiger partial charge >= 0.3 is 5.69 Å². The monoisotopic (exact) mass is 376 g/mol. The highest BCUT2D eigenvalue weighted by Crippen LogP contribution is 2.26. The Kier molecular flexibility index (Phi) is 5.12. The highest BCUT2D eigenvalue weighted by atomic mass is 16.2. The third kappa shape index (κ3) is 3.64. The van der Waals surface area contributed by atoms with E-state index in [4.69, 9.17) is 0 Å². The van der Waals surface area contributed by atoms with Crippen LogP contribution in [0.3, 0.4) is 0 Å². The molecule has 2 heterocycles. The second-order valence-corrected chi connectivity index (χ2v) is 7.14. The molecule has 2 aromatic carbocycles. The molecule has 1 aromatic heterocycles. The zero-order valence-electron chi connectivity index (χ0n) is 15.9. The Morgan fingerprint density at radius 2 is 1.68 bits per heavy atom. The highest BCUT2D eigenvalue weighted by Gasteiger charge is 2.26. The molecule has 28 heavy (non-hydrogen) atoms. The zero-order valence-corrected chi connectivity index (χ0v) is 15.9. The molecule has 0 radical (unpaired) electrons. The number of aromatic amines is 1. The van der Waals surface area contributed by atoms with E-state index in [1.807, 2.05) is 48.5 Å². The minimum atomic E-state index is -0.364. The summed E-state index contributed by atoms with van der Waals surface area (Å²) in [6.45, 7) is 3.72. The molecule has 1 atom stereocenters. The molecule has 1 aliphatic heterocycles. The van der Waals surface area contributed by atoms with Crippen molar-refractivity contribution in [3.8, 4) is 0 Å². The largest absolute Gasteiger partial charge is 0.358 e. The van der Waals surface area contributed by atoms with Gasteiger partial charge < -0.3 is 5.32 Å². The number of anilines is 1. The van der Waals surface area contributed by atoms with Gasteiger partial charge in [0.25, 0.3) is 5.56 Å². The Hall–Kier alpha value is -3.12. The first kappa shape index (κ1) is 18.3. The van der Waals surface area contributed by atoms with Gasteiger partial charge in [0, 0.05) is 19.1 Å². The van der Waals surface area contributed by atoms with Crippen molar-refractivity contribution in [3.63, 3.8) is 0 Å². The lowest BCUT2D eigenvalue weighted by Crippen LogP contribution is -2.44. The summed E-state index contributed by atoms with van der Waals surface area (Å²) in [5.74, 6) is 0.640. The van der Waals surface area contributed by atoms with Gasteiger partial charge in [-0.05, 0) is 24.5 Å². The lowest BCUT2D eigenvalue weighted by Gasteiger charge is -2.35. The first-order chi connectivity index (χ1) is 13.6. The number of benzene rings is 2. The van der Waals surface area contributed by atoms with Crippen molar-refractivity contribution >= 4 is 5.82 Å². The summed E-state index contributed by atoms with van der Waals surface area (Å²) < 4.78 is 1.65. The van der Waals surface area contributed by atoms with Crippen LogP contribution in [0.2, 0.25) is 0 Å². The van der Waals surface area contributed by atoms with Crippen molar-refractivity contribution in [2.75, 3.05) is 12.0 Å². The van der Waals surface area contributed by atoms with Crippen LogP contribution < -0.4 is 16.6 Å². The predicted molar refractivity (Wildman–Crippen MR) is 110 cm³/mol. The van der Waals surface area contributed by atoms with Crippen LogP contribution >= 0.6 is 0 Å². The number of H-pyrrole nitrogens is 1. The average molecular weight is 376 g/mol. The maximum atomic E-state index is 12.5. The molecule has 0 aliphatic carbocycles. The number of hydrogen-bond donors (Lipinski definition) is 2. The fourth-order valence-electron chi connectivity index (χ4n) is 3.71. The van der Waals surface area contributed by atoms with Crippen LogP contribution in [0.5, 0.6) is 0 Å². The molecule has 0 fully saturated rings. The molecule has 0 saturated carbocycles.